The number of hydrogen-bond acceptors (Lipinski definition) is 1. The average Bonchev–Trinajstić information content (AvgIpc) is 2.43. The second-order valence-corrected chi connectivity index (χ2v) is 6.49. The maximum Gasteiger partial charge on any atom is 0.0551 e. The van der Waals surface area contributed by atoms with Crippen LogP contribution in [0.4, 0.5) is 0 Å². The fraction of sp³-hybridized carbons (Fsp3) is 0.250. The smallest absolute Gasteiger partial charge is 0.0551 e. The summed E-state index contributed by atoms with van der Waals surface area (Å²) in [4.78, 5) is 0. The van der Waals surface area contributed by atoms with E-state index in [0.717, 1.165) is 27.5 Å². The van der Waals surface area contributed by atoms with Crippen molar-refractivity contribution in [2.75, 3.05) is 0 Å². The summed E-state index contributed by atoms with van der Waals surface area (Å²) < 4.78 is 0.923. The predicted molar refractivity (Wildman–Crippen MR) is 90.6 cm³/mol. The molecule has 2 rings (SSSR count). The summed E-state index contributed by atoms with van der Waals surface area (Å²) in [5.74, 6) is 0. The lowest BCUT2D eigenvalue weighted by molar-refractivity contribution is 0.545. The van der Waals surface area contributed by atoms with E-state index < -0.39 is 0 Å². The lowest BCUT2D eigenvalue weighted by Gasteiger charge is -2.15. The Morgan fingerprint density at radius 3 is 2.55 bits per heavy atom. The van der Waals surface area contributed by atoms with Crippen LogP contribution < -0.4 is 5.32 Å². The van der Waals surface area contributed by atoms with Crippen molar-refractivity contribution >= 4 is 39.1 Å². The van der Waals surface area contributed by atoms with E-state index in [1.165, 1.54) is 11.1 Å². The Kier molecular flexibility index (Phi) is 5.91. The number of halogens is 3. The van der Waals surface area contributed by atoms with Gasteiger partial charge in [-0.15, -0.1) is 0 Å². The second-order valence-electron chi connectivity index (χ2n) is 4.83. The Hall–Kier alpha value is -0.540. The van der Waals surface area contributed by atoms with Crippen LogP contribution in [-0.4, -0.2) is 6.04 Å². The maximum absolute atomic E-state index is 6.17. The van der Waals surface area contributed by atoms with E-state index in [2.05, 4.69) is 40.3 Å². The minimum Gasteiger partial charge on any atom is -0.310 e. The minimum atomic E-state index is 0.345. The van der Waals surface area contributed by atoms with Gasteiger partial charge in [-0.05, 0) is 58.6 Å². The van der Waals surface area contributed by atoms with Crippen molar-refractivity contribution in [2.45, 2.75) is 25.9 Å². The molecule has 0 spiro atoms. The molecule has 2 aromatic rings. The number of rotatable bonds is 5. The molecule has 2 aromatic carbocycles. The quantitative estimate of drug-likeness (QED) is 0.732. The van der Waals surface area contributed by atoms with E-state index >= 15 is 0 Å². The molecule has 1 atom stereocenters. The highest BCUT2D eigenvalue weighted by Gasteiger charge is 2.06. The van der Waals surface area contributed by atoms with Crippen molar-refractivity contribution in [2.24, 2.45) is 0 Å². The lowest BCUT2D eigenvalue weighted by atomic mass is 10.1. The first kappa shape index (κ1) is 15.8. The van der Waals surface area contributed by atoms with E-state index in [1.54, 1.807) is 0 Å². The molecular weight excluding hydrogens is 357 g/mol. The molecule has 1 unspecified atom stereocenters. The summed E-state index contributed by atoms with van der Waals surface area (Å²) in [7, 11) is 0. The predicted octanol–water partition coefficient (Wildman–Crippen LogP) is 5.48. The van der Waals surface area contributed by atoms with Gasteiger partial charge in [-0.25, -0.2) is 0 Å². The van der Waals surface area contributed by atoms with Crippen LogP contribution in [0.3, 0.4) is 0 Å². The average molecular weight is 373 g/mol. The Labute approximate surface area is 138 Å². The first-order valence-corrected chi connectivity index (χ1v) is 8.02. The zero-order chi connectivity index (χ0) is 14.5. The van der Waals surface area contributed by atoms with Crippen molar-refractivity contribution in [1.29, 1.82) is 0 Å². The van der Waals surface area contributed by atoms with Gasteiger partial charge in [0.1, 0.15) is 0 Å². The van der Waals surface area contributed by atoms with Gasteiger partial charge in [0.2, 0.25) is 0 Å². The van der Waals surface area contributed by atoms with Crippen molar-refractivity contribution < 1.29 is 0 Å². The Bertz CT molecular complexity index is 586. The molecule has 0 saturated heterocycles. The fourth-order valence-electron chi connectivity index (χ4n) is 2.01. The van der Waals surface area contributed by atoms with E-state index in [9.17, 15) is 0 Å². The van der Waals surface area contributed by atoms with Gasteiger partial charge in [0.05, 0.1) is 5.02 Å². The zero-order valence-corrected chi connectivity index (χ0v) is 14.3. The molecule has 0 saturated carbocycles. The lowest BCUT2D eigenvalue weighted by Crippen LogP contribution is -2.27. The molecule has 0 aliphatic heterocycles. The molecule has 0 amide bonds. The molecule has 20 heavy (non-hydrogen) atoms. The van der Waals surface area contributed by atoms with Crippen molar-refractivity contribution in [3.8, 4) is 0 Å². The molecule has 0 fully saturated rings. The van der Waals surface area contributed by atoms with Gasteiger partial charge in [0.15, 0.2) is 0 Å². The van der Waals surface area contributed by atoms with Gasteiger partial charge in [0.25, 0.3) is 0 Å². The third-order valence-electron chi connectivity index (χ3n) is 3.12. The Morgan fingerprint density at radius 2 is 1.85 bits per heavy atom. The van der Waals surface area contributed by atoms with Crippen LogP contribution in [0.1, 0.15) is 18.1 Å². The van der Waals surface area contributed by atoms with Crippen LogP contribution >= 0.6 is 39.1 Å². The minimum absolute atomic E-state index is 0.345. The second kappa shape index (κ2) is 7.46. The fourth-order valence-corrected chi connectivity index (χ4v) is 2.67. The SMILES string of the molecule is CC(Cc1ccccc1Cl)NCc1ccc(Br)c(Cl)c1. The third-order valence-corrected chi connectivity index (χ3v) is 4.72. The van der Waals surface area contributed by atoms with Crippen LogP contribution in [-0.2, 0) is 13.0 Å². The van der Waals surface area contributed by atoms with Crippen LogP contribution in [0.2, 0.25) is 10.0 Å². The topological polar surface area (TPSA) is 12.0 Å². The summed E-state index contributed by atoms with van der Waals surface area (Å²) in [5, 5.41) is 5.05. The highest BCUT2D eigenvalue weighted by molar-refractivity contribution is 9.10. The Morgan fingerprint density at radius 1 is 1.10 bits per heavy atom. The largest absolute Gasteiger partial charge is 0.310 e. The molecule has 4 heteroatoms. The molecule has 0 aromatic heterocycles. The highest BCUT2D eigenvalue weighted by Crippen LogP contribution is 2.23. The molecule has 1 nitrogen and oxygen atoms in total. The first-order chi connectivity index (χ1) is 9.56. The molecule has 0 radical (unpaired) electrons. The van der Waals surface area contributed by atoms with Crippen molar-refractivity contribution in [3.63, 3.8) is 0 Å². The molecule has 1 N–H and O–H groups in total. The van der Waals surface area contributed by atoms with E-state index in [1.807, 2.05) is 30.3 Å². The first-order valence-electron chi connectivity index (χ1n) is 6.47. The standard InChI is InChI=1S/C16H16BrCl2N/c1-11(8-13-4-2-3-5-15(13)18)20-10-12-6-7-14(17)16(19)9-12/h2-7,9,11,20H,8,10H2,1H3. The summed E-state index contributed by atoms with van der Waals surface area (Å²) in [6.45, 7) is 2.95. The van der Waals surface area contributed by atoms with Crippen molar-refractivity contribution in [3.05, 3.63) is 68.1 Å². The molecule has 0 bridgehead atoms. The molecular formula is C16H16BrCl2N. The summed E-state index contributed by atoms with van der Waals surface area (Å²) >= 11 is 15.7. The summed E-state index contributed by atoms with van der Waals surface area (Å²) in [6.07, 6.45) is 0.907. The van der Waals surface area contributed by atoms with Crippen LogP contribution in [0.25, 0.3) is 0 Å². The van der Waals surface area contributed by atoms with Gasteiger partial charge in [-0.3, -0.25) is 0 Å². The molecule has 0 aliphatic rings. The van der Waals surface area contributed by atoms with Gasteiger partial charge in [0, 0.05) is 22.1 Å². The van der Waals surface area contributed by atoms with Gasteiger partial charge < -0.3 is 5.32 Å². The maximum atomic E-state index is 6.17. The normalized spacial score (nSPS) is 12.4. The van der Waals surface area contributed by atoms with Gasteiger partial charge in [-0.2, -0.15) is 0 Å². The van der Waals surface area contributed by atoms with Crippen LogP contribution in [0, 0.1) is 0 Å². The van der Waals surface area contributed by atoms with E-state index in [4.69, 9.17) is 23.2 Å². The summed E-state index contributed by atoms with van der Waals surface area (Å²) in [6, 6.07) is 14.3. The number of benzene rings is 2. The van der Waals surface area contributed by atoms with E-state index in [0.29, 0.717) is 6.04 Å². The molecule has 106 valence electrons. The molecule has 0 aliphatic carbocycles. The monoisotopic (exact) mass is 371 g/mol. The third kappa shape index (κ3) is 4.49. The highest BCUT2D eigenvalue weighted by atomic mass is 79.9. The summed E-state index contributed by atoms with van der Waals surface area (Å²) in [5.41, 5.74) is 2.34. The number of nitrogens with one attached hydrogen (secondary N) is 1. The molecule has 0 heterocycles. The zero-order valence-electron chi connectivity index (χ0n) is 11.2. The Balaban J connectivity index is 1.90. The van der Waals surface area contributed by atoms with Crippen molar-refractivity contribution in [1.82, 2.24) is 5.32 Å². The van der Waals surface area contributed by atoms with Crippen LogP contribution in [0.5, 0.6) is 0 Å². The van der Waals surface area contributed by atoms with Gasteiger partial charge >= 0.3 is 0 Å². The van der Waals surface area contributed by atoms with Gasteiger partial charge in [-0.1, -0.05) is 47.5 Å². The van der Waals surface area contributed by atoms with Crippen LogP contribution in [0.15, 0.2) is 46.9 Å². The van der Waals surface area contributed by atoms with E-state index in [-0.39, 0.29) is 0 Å². The number of hydrogen-bond donors (Lipinski definition) is 1.